The van der Waals surface area contributed by atoms with Crippen LogP contribution in [0.3, 0.4) is 0 Å². The first-order chi connectivity index (χ1) is 8.45. The van der Waals surface area contributed by atoms with Crippen LogP contribution in [-0.4, -0.2) is 41.5 Å². The van der Waals surface area contributed by atoms with Crippen molar-refractivity contribution in [2.24, 2.45) is 0 Å². The Labute approximate surface area is 117 Å². The maximum absolute atomic E-state index is 12.1. The number of Topliss-reactive ketones (excluding diaryl/α,β-unsaturated/α-hetero) is 1. The van der Waals surface area contributed by atoms with Crippen molar-refractivity contribution >= 4 is 29.0 Å². The van der Waals surface area contributed by atoms with Gasteiger partial charge in [-0.05, 0) is 32.0 Å². The molecule has 1 rings (SSSR count). The number of aliphatic hydroxyl groups is 1. The molecule has 0 aliphatic heterocycles. The van der Waals surface area contributed by atoms with Crippen LogP contribution in [0.15, 0.2) is 18.2 Å². The first-order valence-corrected chi connectivity index (χ1v) is 6.54. The van der Waals surface area contributed by atoms with Crippen LogP contribution in [0, 0.1) is 0 Å². The number of rotatable bonds is 6. The van der Waals surface area contributed by atoms with E-state index in [2.05, 4.69) is 0 Å². The molecule has 0 radical (unpaired) electrons. The predicted octanol–water partition coefficient (Wildman–Crippen LogP) is 2.88. The molecule has 0 saturated carbocycles. The van der Waals surface area contributed by atoms with Crippen LogP contribution >= 0.6 is 23.2 Å². The third kappa shape index (κ3) is 4.25. The molecule has 5 heteroatoms. The molecule has 0 bridgehead atoms. The van der Waals surface area contributed by atoms with Gasteiger partial charge in [0.15, 0.2) is 5.78 Å². The topological polar surface area (TPSA) is 40.5 Å². The summed E-state index contributed by atoms with van der Waals surface area (Å²) in [4.78, 5) is 14.0. The number of carbonyl (C=O) groups excluding carboxylic acids is 1. The van der Waals surface area contributed by atoms with E-state index >= 15 is 0 Å². The average Bonchev–Trinajstić information content (AvgIpc) is 2.31. The summed E-state index contributed by atoms with van der Waals surface area (Å²) in [6.07, 6.45) is 0. The van der Waals surface area contributed by atoms with Crippen LogP contribution in [0.25, 0.3) is 0 Å². The number of hydrogen-bond acceptors (Lipinski definition) is 3. The van der Waals surface area contributed by atoms with Gasteiger partial charge in [-0.15, -0.1) is 0 Å². The zero-order valence-corrected chi connectivity index (χ0v) is 12.0. The largest absolute Gasteiger partial charge is 0.395 e. The maximum Gasteiger partial charge on any atom is 0.176 e. The van der Waals surface area contributed by atoms with Crippen molar-refractivity contribution in [3.63, 3.8) is 0 Å². The van der Waals surface area contributed by atoms with Crippen molar-refractivity contribution in [1.82, 2.24) is 4.90 Å². The molecule has 0 unspecified atom stereocenters. The van der Waals surface area contributed by atoms with Gasteiger partial charge in [-0.1, -0.05) is 23.2 Å². The van der Waals surface area contributed by atoms with Crippen LogP contribution in [0.2, 0.25) is 10.0 Å². The van der Waals surface area contributed by atoms with Gasteiger partial charge in [0.05, 0.1) is 23.2 Å². The second kappa shape index (κ2) is 7.10. The second-order valence-electron chi connectivity index (χ2n) is 4.34. The minimum atomic E-state index is -0.0317. The molecule has 0 amide bonds. The van der Waals surface area contributed by atoms with E-state index in [1.54, 1.807) is 18.2 Å². The number of ketones is 1. The monoisotopic (exact) mass is 289 g/mol. The van der Waals surface area contributed by atoms with E-state index in [1.165, 1.54) is 0 Å². The summed E-state index contributed by atoms with van der Waals surface area (Å²) >= 11 is 11.7. The van der Waals surface area contributed by atoms with Crippen molar-refractivity contribution in [2.45, 2.75) is 19.9 Å². The zero-order chi connectivity index (χ0) is 13.7. The fourth-order valence-electron chi connectivity index (χ4n) is 1.59. The Balaban J connectivity index is 2.77. The van der Waals surface area contributed by atoms with Gasteiger partial charge >= 0.3 is 0 Å². The highest BCUT2D eigenvalue weighted by Gasteiger charge is 2.15. The molecule has 0 aliphatic rings. The maximum atomic E-state index is 12.1. The molecule has 0 atom stereocenters. The first kappa shape index (κ1) is 15.4. The Morgan fingerprint density at radius 2 is 2.00 bits per heavy atom. The normalized spacial score (nSPS) is 11.3. The van der Waals surface area contributed by atoms with E-state index in [0.717, 1.165) is 0 Å². The van der Waals surface area contributed by atoms with Crippen molar-refractivity contribution in [3.05, 3.63) is 33.8 Å². The van der Waals surface area contributed by atoms with Gasteiger partial charge in [-0.2, -0.15) is 0 Å². The van der Waals surface area contributed by atoms with Gasteiger partial charge in [-0.3, -0.25) is 9.69 Å². The van der Waals surface area contributed by atoms with Crippen LogP contribution in [0.1, 0.15) is 24.2 Å². The highest BCUT2D eigenvalue weighted by atomic mass is 35.5. The van der Waals surface area contributed by atoms with Crippen LogP contribution in [0.5, 0.6) is 0 Å². The van der Waals surface area contributed by atoms with Gasteiger partial charge < -0.3 is 5.11 Å². The molecule has 1 N–H and O–H groups in total. The third-order valence-corrected chi connectivity index (χ3v) is 3.44. The van der Waals surface area contributed by atoms with Gasteiger partial charge in [0, 0.05) is 18.2 Å². The Kier molecular flexibility index (Phi) is 6.09. The average molecular weight is 290 g/mol. The second-order valence-corrected chi connectivity index (χ2v) is 5.15. The molecule has 0 heterocycles. The number of halogens is 2. The van der Waals surface area contributed by atoms with E-state index in [4.69, 9.17) is 28.3 Å². The molecule has 0 spiro atoms. The standard InChI is InChI=1S/C13H17Cl2NO2/c1-9(2)16(5-6-17)8-13(18)10-3-4-11(14)12(15)7-10/h3-4,7,9,17H,5-6,8H2,1-2H3. The SMILES string of the molecule is CC(C)N(CCO)CC(=O)c1ccc(Cl)c(Cl)c1. The van der Waals surface area contributed by atoms with Crippen LogP contribution in [-0.2, 0) is 0 Å². The van der Waals surface area contributed by atoms with E-state index < -0.39 is 0 Å². The van der Waals surface area contributed by atoms with Crippen molar-refractivity contribution < 1.29 is 9.90 Å². The summed E-state index contributed by atoms with van der Waals surface area (Å²) < 4.78 is 0. The van der Waals surface area contributed by atoms with E-state index in [-0.39, 0.29) is 25.0 Å². The van der Waals surface area contributed by atoms with Crippen molar-refractivity contribution in [3.8, 4) is 0 Å². The first-order valence-electron chi connectivity index (χ1n) is 5.79. The molecule has 0 fully saturated rings. The zero-order valence-electron chi connectivity index (χ0n) is 10.5. The minimum Gasteiger partial charge on any atom is -0.395 e. The molecule has 1 aromatic carbocycles. The summed E-state index contributed by atoms with van der Waals surface area (Å²) in [5.74, 6) is -0.0317. The molecule has 100 valence electrons. The molecule has 3 nitrogen and oxygen atoms in total. The summed E-state index contributed by atoms with van der Waals surface area (Å²) in [5.41, 5.74) is 0.535. The summed E-state index contributed by atoms with van der Waals surface area (Å²) in [6.45, 7) is 4.74. The smallest absolute Gasteiger partial charge is 0.176 e. The molecule has 0 saturated heterocycles. The van der Waals surface area contributed by atoms with E-state index in [1.807, 2.05) is 18.7 Å². The Bertz CT molecular complexity index is 421. The molecule has 0 aliphatic carbocycles. The number of nitrogens with zero attached hydrogens (tertiary/aromatic N) is 1. The Hall–Kier alpha value is -0.610. The van der Waals surface area contributed by atoms with Crippen LogP contribution < -0.4 is 0 Å². The minimum absolute atomic E-state index is 0.0317. The highest BCUT2D eigenvalue weighted by molar-refractivity contribution is 6.42. The number of aliphatic hydroxyl groups excluding tert-OH is 1. The molecule has 18 heavy (non-hydrogen) atoms. The predicted molar refractivity (Wildman–Crippen MR) is 74.6 cm³/mol. The quantitative estimate of drug-likeness (QED) is 0.819. The molecular weight excluding hydrogens is 273 g/mol. The van der Waals surface area contributed by atoms with Crippen LogP contribution in [0.4, 0.5) is 0 Å². The lowest BCUT2D eigenvalue weighted by Gasteiger charge is -2.24. The van der Waals surface area contributed by atoms with E-state index in [0.29, 0.717) is 22.2 Å². The highest BCUT2D eigenvalue weighted by Crippen LogP contribution is 2.22. The summed E-state index contributed by atoms with van der Waals surface area (Å²) in [6, 6.07) is 5.05. The molecular formula is C13H17Cl2NO2. The third-order valence-electron chi connectivity index (χ3n) is 2.71. The fraction of sp³-hybridized carbons (Fsp3) is 0.462. The van der Waals surface area contributed by atoms with Gasteiger partial charge in [0.25, 0.3) is 0 Å². The molecule has 0 aromatic heterocycles. The lowest BCUT2D eigenvalue weighted by Crippen LogP contribution is -2.37. The summed E-state index contributed by atoms with van der Waals surface area (Å²) in [5, 5.41) is 9.77. The van der Waals surface area contributed by atoms with E-state index in [9.17, 15) is 4.79 Å². The molecule has 1 aromatic rings. The number of hydrogen-bond donors (Lipinski definition) is 1. The number of carbonyl (C=O) groups is 1. The van der Waals surface area contributed by atoms with Crippen molar-refractivity contribution in [1.29, 1.82) is 0 Å². The summed E-state index contributed by atoms with van der Waals surface area (Å²) in [7, 11) is 0. The van der Waals surface area contributed by atoms with Crippen molar-refractivity contribution in [2.75, 3.05) is 19.7 Å². The van der Waals surface area contributed by atoms with Gasteiger partial charge in [0.1, 0.15) is 0 Å². The van der Waals surface area contributed by atoms with Gasteiger partial charge in [0.2, 0.25) is 0 Å². The Morgan fingerprint density at radius 3 is 2.50 bits per heavy atom. The lowest BCUT2D eigenvalue weighted by molar-refractivity contribution is 0.0881. The lowest BCUT2D eigenvalue weighted by atomic mass is 10.1. The fourth-order valence-corrected chi connectivity index (χ4v) is 1.89. The number of benzene rings is 1. The van der Waals surface area contributed by atoms with Gasteiger partial charge in [-0.25, -0.2) is 0 Å². The Morgan fingerprint density at radius 1 is 1.33 bits per heavy atom.